The zero-order valence-electron chi connectivity index (χ0n) is 15.2. The Labute approximate surface area is 152 Å². The van der Waals surface area contributed by atoms with E-state index in [1.165, 1.54) is 0 Å². The molecule has 1 spiro atoms. The lowest BCUT2D eigenvalue weighted by Gasteiger charge is -2.23. The Balaban J connectivity index is 1.64. The third-order valence-electron chi connectivity index (χ3n) is 5.31. The molecule has 0 aromatic heterocycles. The quantitative estimate of drug-likeness (QED) is 0.597. The molecule has 4 atom stereocenters. The van der Waals surface area contributed by atoms with Gasteiger partial charge in [0.05, 0.1) is 38.0 Å². The van der Waals surface area contributed by atoms with Crippen LogP contribution in [-0.4, -0.2) is 43.8 Å². The van der Waals surface area contributed by atoms with Crippen LogP contribution in [0.4, 0.5) is 5.69 Å². The maximum atomic E-state index is 13.2. The highest BCUT2D eigenvalue weighted by molar-refractivity contribution is 6.03. The van der Waals surface area contributed by atoms with Crippen molar-refractivity contribution in [2.75, 3.05) is 25.2 Å². The molecule has 6 nitrogen and oxygen atoms in total. The first-order chi connectivity index (χ1) is 12.5. The molecule has 0 saturated carbocycles. The molecule has 0 unspecified atom stereocenters. The Bertz CT molecular complexity index is 773. The van der Waals surface area contributed by atoms with Crippen LogP contribution in [0.25, 0.3) is 0 Å². The van der Waals surface area contributed by atoms with Crippen molar-refractivity contribution in [3.8, 4) is 5.75 Å². The predicted molar refractivity (Wildman–Crippen MR) is 94.9 cm³/mol. The van der Waals surface area contributed by atoms with E-state index in [4.69, 9.17) is 14.2 Å². The standard InChI is InChI=1S/C20H23NO5/c1-12(2)10-25-19(23)16-15-8-9-20(26-15)11-21(18(22)17(16)20)13-6-4-5-7-14(13)24-3/h4-9,12,15-17H,10-11H2,1-3H3/t15-,16+,17-,20+/m0/s1. The van der Waals surface area contributed by atoms with Gasteiger partial charge in [-0.2, -0.15) is 0 Å². The molecule has 1 aromatic rings. The number of rotatable bonds is 5. The molecule has 3 aliphatic heterocycles. The SMILES string of the molecule is COc1ccccc1N1C[C@@]23C=C[C@H](O2)[C@@H](C(=O)OCC(C)C)[C@H]3C1=O. The molecule has 3 heterocycles. The van der Waals surface area contributed by atoms with E-state index in [0.717, 1.165) is 0 Å². The molecular formula is C20H23NO5. The first-order valence-corrected chi connectivity index (χ1v) is 8.95. The fourth-order valence-corrected chi connectivity index (χ4v) is 4.17. The van der Waals surface area contributed by atoms with Crippen molar-refractivity contribution in [2.45, 2.75) is 25.6 Å². The first kappa shape index (κ1) is 17.1. The molecule has 0 aliphatic carbocycles. The summed E-state index contributed by atoms with van der Waals surface area (Å²) in [5.74, 6) is -0.752. The lowest BCUT2D eigenvalue weighted by Crippen LogP contribution is -2.40. The third kappa shape index (κ3) is 2.43. The summed E-state index contributed by atoms with van der Waals surface area (Å²) in [6, 6.07) is 7.38. The molecule has 4 rings (SSSR count). The summed E-state index contributed by atoms with van der Waals surface area (Å²) in [5, 5.41) is 0. The second-order valence-electron chi connectivity index (χ2n) is 7.52. The maximum absolute atomic E-state index is 13.2. The number of hydrogen-bond donors (Lipinski definition) is 0. The number of esters is 1. The molecule has 2 saturated heterocycles. The second kappa shape index (κ2) is 6.13. The summed E-state index contributed by atoms with van der Waals surface area (Å²) in [6.07, 6.45) is 3.43. The monoisotopic (exact) mass is 357 g/mol. The smallest absolute Gasteiger partial charge is 0.312 e. The molecule has 2 bridgehead atoms. The normalized spacial score (nSPS) is 31.6. The predicted octanol–water partition coefficient (Wildman–Crippen LogP) is 2.18. The number of benzene rings is 1. The minimum atomic E-state index is -0.760. The van der Waals surface area contributed by atoms with Gasteiger partial charge < -0.3 is 19.1 Å². The minimum absolute atomic E-state index is 0.118. The fourth-order valence-electron chi connectivity index (χ4n) is 4.17. The van der Waals surface area contributed by atoms with Gasteiger partial charge in [-0.15, -0.1) is 0 Å². The molecule has 3 aliphatic rings. The zero-order valence-corrected chi connectivity index (χ0v) is 15.2. The number of carbonyl (C=O) groups excluding carboxylic acids is 2. The van der Waals surface area contributed by atoms with Crippen LogP contribution in [0.15, 0.2) is 36.4 Å². The largest absolute Gasteiger partial charge is 0.495 e. The summed E-state index contributed by atoms with van der Waals surface area (Å²) in [5.41, 5.74) is -0.0667. The number of methoxy groups -OCH3 is 1. The Morgan fingerprint density at radius 2 is 2.15 bits per heavy atom. The summed E-state index contributed by atoms with van der Waals surface area (Å²) >= 11 is 0. The minimum Gasteiger partial charge on any atom is -0.495 e. The van der Waals surface area contributed by atoms with Crippen molar-refractivity contribution in [3.05, 3.63) is 36.4 Å². The molecule has 1 aromatic carbocycles. The molecule has 26 heavy (non-hydrogen) atoms. The molecular weight excluding hydrogens is 334 g/mol. The summed E-state index contributed by atoms with van der Waals surface area (Å²) < 4.78 is 16.9. The average Bonchev–Trinajstić information content (AvgIpc) is 3.28. The van der Waals surface area contributed by atoms with Gasteiger partial charge in [0.25, 0.3) is 0 Å². The molecule has 2 fully saturated rings. The van der Waals surface area contributed by atoms with Gasteiger partial charge in [-0.1, -0.05) is 38.1 Å². The van der Waals surface area contributed by atoms with E-state index in [1.807, 2.05) is 50.3 Å². The molecule has 0 radical (unpaired) electrons. The highest BCUT2D eigenvalue weighted by Crippen LogP contribution is 2.53. The van der Waals surface area contributed by atoms with E-state index in [-0.39, 0.29) is 23.9 Å². The van der Waals surface area contributed by atoms with Gasteiger partial charge in [-0.3, -0.25) is 9.59 Å². The first-order valence-electron chi connectivity index (χ1n) is 8.95. The second-order valence-corrected chi connectivity index (χ2v) is 7.52. The maximum Gasteiger partial charge on any atom is 0.312 e. The van der Waals surface area contributed by atoms with E-state index >= 15 is 0 Å². The van der Waals surface area contributed by atoms with Gasteiger partial charge >= 0.3 is 5.97 Å². The van der Waals surface area contributed by atoms with Crippen LogP contribution in [0.5, 0.6) is 5.75 Å². The Morgan fingerprint density at radius 3 is 2.88 bits per heavy atom. The Kier molecular flexibility index (Phi) is 4.03. The van der Waals surface area contributed by atoms with Gasteiger partial charge in [-0.05, 0) is 18.1 Å². The van der Waals surface area contributed by atoms with Crippen LogP contribution in [-0.2, 0) is 19.1 Å². The van der Waals surface area contributed by atoms with Crippen molar-refractivity contribution in [1.29, 1.82) is 0 Å². The molecule has 1 amide bonds. The third-order valence-corrected chi connectivity index (χ3v) is 5.31. The molecule has 6 heteroatoms. The summed E-state index contributed by atoms with van der Waals surface area (Å²) in [4.78, 5) is 27.6. The van der Waals surface area contributed by atoms with Crippen molar-refractivity contribution >= 4 is 17.6 Å². The van der Waals surface area contributed by atoms with E-state index in [9.17, 15) is 9.59 Å². The van der Waals surface area contributed by atoms with Crippen molar-refractivity contribution in [1.82, 2.24) is 0 Å². The van der Waals surface area contributed by atoms with Crippen LogP contribution >= 0.6 is 0 Å². The van der Waals surface area contributed by atoms with E-state index < -0.39 is 17.4 Å². The number of para-hydroxylation sites is 2. The van der Waals surface area contributed by atoms with Crippen LogP contribution in [0.1, 0.15) is 13.8 Å². The van der Waals surface area contributed by atoms with Crippen LogP contribution in [0, 0.1) is 17.8 Å². The topological polar surface area (TPSA) is 65.1 Å². The lowest BCUT2D eigenvalue weighted by molar-refractivity contribution is -0.153. The van der Waals surface area contributed by atoms with E-state index in [2.05, 4.69) is 0 Å². The highest BCUT2D eigenvalue weighted by atomic mass is 16.6. The molecule has 138 valence electrons. The molecule has 0 N–H and O–H groups in total. The number of carbonyl (C=O) groups is 2. The number of nitrogens with zero attached hydrogens (tertiary/aromatic N) is 1. The highest BCUT2D eigenvalue weighted by Gasteiger charge is 2.67. The van der Waals surface area contributed by atoms with Gasteiger partial charge in [0.15, 0.2) is 0 Å². The number of hydrogen-bond acceptors (Lipinski definition) is 5. The van der Waals surface area contributed by atoms with Gasteiger partial charge in [0, 0.05) is 0 Å². The van der Waals surface area contributed by atoms with Crippen LogP contribution < -0.4 is 9.64 Å². The number of anilines is 1. The van der Waals surface area contributed by atoms with E-state index in [0.29, 0.717) is 24.6 Å². The van der Waals surface area contributed by atoms with Crippen molar-refractivity contribution < 1.29 is 23.8 Å². The van der Waals surface area contributed by atoms with Gasteiger partial charge in [0.2, 0.25) is 5.91 Å². The van der Waals surface area contributed by atoms with Gasteiger partial charge in [0.1, 0.15) is 17.3 Å². The Morgan fingerprint density at radius 1 is 1.38 bits per heavy atom. The average molecular weight is 357 g/mol. The van der Waals surface area contributed by atoms with Crippen molar-refractivity contribution in [2.24, 2.45) is 17.8 Å². The number of ether oxygens (including phenoxy) is 3. The van der Waals surface area contributed by atoms with E-state index in [1.54, 1.807) is 12.0 Å². The zero-order chi connectivity index (χ0) is 18.5. The van der Waals surface area contributed by atoms with Crippen molar-refractivity contribution in [3.63, 3.8) is 0 Å². The lowest BCUT2D eigenvalue weighted by atomic mass is 9.77. The summed E-state index contributed by atoms with van der Waals surface area (Å²) in [7, 11) is 1.58. The van der Waals surface area contributed by atoms with Crippen LogP contribution in [0.2, 0.25) is 0 Å². The number of fused-ring (bicyclic) bond motifs is 1. The van der Waals surface area contributed by atoms with Gasteiger partial charge in [-0.25, -0.2) is 0 Å². The Hall–Kier alpha value is -2.34. The fraction of sp³-hybridized carbons (Fsp3) is 0.500. The summed E-state index contributed by atoms with van der Waals surface area (Å²) in [6.45, 7) is 4.68. The number of amides is 1. The van der Waals surface area contributed by atoms with Crippen LogP contribution in [0.3, 0.4) is 0 Å².